The largest absolute Gasteiger partial charge is 0.590 e. The van der Waals surface area contributed by atoms with Gasteiger partial charge in [0.2, 0.25) is 0 Å². The molecule has 0 amide bonds. The zero-order chi connectivity index (χ0) is 23.4. The topological polar surface area (TPSA) is 40.1 Å². The Labute approximate surface area is 196 Å². The zero-order valence-corrected chi connectivity index (χ0v) is 22.7. The Morgan fingerprint density at radius 1 is 0.677 bits per heavy atom. The molecule has 0 heterocycles. The first kappa shape index (κ1) is 30.8. The minimum absolute atomic E-state index is 0.510. The fraction of sp³-hybridized carbons (Fsp3) is 0.926. The van der Waals surface area contributed by atoms with Crippen LogP contribution in [0.4, 0.5) is 0 Å². The highest BCUT2D eigenvalue weighted by atomic mass is 31.1. The van der Waals surface area contributed by atoms with E-state index in [2.05, 4.69) is 19.1 Å². The first-order chi connectivity index (χ1) is 14.8. The summed E-state index contributed by atoms with van der Waals surface area (Å²) in [5.74, 6) is 0. The molecular weight excluding hydrogens is 401 g/mol. The molecule has 0 fully saturated rings. The van der Waals surface area contributed by atoms with Crippen molar-refractivity contribution in [3.05, 3.63) is 12.2 Å². The maximum atomic E-state index is 11.9. The minimum Gasteiger partial charge on any atom is -0.590 e. The monoisotopic (exact) mass is 456 g/mol. The second-order valence-corrected chi connectivity index (χ2v) is 11.7. The normalized spacial score (nSPS) is 14.8. The van der Waals surface area contributed by atoms with E-state index in [1.165, 1.54) is 96.3 Å². The van der Waals surface area contributed by atoms with Gasteiger partial charge in [0.1, 0.15) is 0 Å². The molecule has 0 N–H and O–H groups in total. The van der Waals surface area contributed by atoms with Gasteiger partial charge in [-0.2, -0.15) is 0 Å². The average Bonchev–Trinajstić information content (AvgIpc) is 2.71. The van der Waals surface area contributed by atoms with E-state index in [1.54, 1.807) is 0 Å². The van der Waals surface area contributed by atoms with Gasteiger partial charge in [-0.25, -0.2) is 0 Å². The maximum absolute atomic E-state index is 11.9. The highest BCUT2D eigenvalue weighted by Gasteiger charge is 2.52. The first-order valence-electron chi connectivity index (χ1n) is 13.4. The molecular formula is C27H55NO2P+. The molecule has 0 aliphatic carbocycles. The van der Waals surface area contributed by atoms with Crippen LogP contribution in [-0.2, 0) is 4.57 Å². The second-order valence-electron chi connectivity index (χ2n) is 10.4. The molecule has 0 saturated heterocycles. The van der Waals surface area contributed by atoms with Gasteiger partial charge in [0.05, 0.1) is 21.1 Å². The minimum atomic E-state index is -2.41. The molecule has 0 aromatic rings. The van der Waals surface area contributed by atoms with Crippen LogP contribution in [0.5, 0.6) is 0 Å². The van der Waals surface area contributed by atoms with E-state index < -0.39 is 13.3 Å². The van der Waals surface area contributed by atoms with E-state index in [1.807, 2.05) is 28.1 Å². The summed E-state index contributed by atoms with van der Waals surface area (Å²) in [6.45, 7) is 4.29. The van der Waals surface area contributed by atoms with Crippen LogP contribution in [0, 0.1) is 0 Å². The van der Waals surface area contributed by atoms with E-state index >= 15 is 0 Å². The third-order valence-corrected chi connectivity index (χ3v) is 8.81. The molecule has 0 aliphatic heterocycles. The molecule has 0 aliphatic rings. The van der Waals surface area contributed by atoms with Crippen molar-refractivity contribution in [1.82, 2.24) is 0 Å². The van der Waals surface area contributed by atoms with E-state index in [4.69, 9.17) is 0 Å². The summed E-state index contributed by atoms with van der Waals surface area (Å²) in [4.78, 5) is 11.9. The molecule has 184 valence electrons. The van der Waals surface area contributed by atoms with Gasteiger partial charge in [-0.3, -0.25) is 4.48 Å². The summed E-state index contributed by atoms with van der Waals surface area (Å²) in [5, 5.41) is -0.599. The van der Waals surface area contributed by atoms with Gasteiger partial charge in [-0.15, -0.1) is 0 Å². The Balaban J connectivity index is 3.54. The fourth-order valence-electron chi connectivity index (χ4n) is 4.64. The molecule has 0 saturated carbocycles. The Hall–Kier alpha value is -0.240. The molecule has 4 heteroatoms. The van der Waals surface area contributed by atoms with Crippen LogP contribution in [0.15, 0.2) is 12.2 Å². The maximum Gasteiger partial charge on any atom is 0.376 e. The van der Waals surface area contributed by atoms with Gasteiger partial charge in [0.25, 0.3) is 5.28 Å². The van der Waals surface area contributed by atoms with Gasteiger partial charge >= 0.3 is 8.03 Å². The van der Waals surface area contributed by atoms with Crippen molar-refractivity contribution in [2.75, 3.05) is 21.1 Å². The standard InChI is InChI=1S/C27H55NO2P/c1-6-8-9-10-11-12-13-14-15-16-17-18-19-20-21-22-23-24-25-26-27(7-2,31(29)30)28(3,4)5/h14-15H,6-13,16-26H2,1-5H3/q+1/b15-14-. The molecule has 0 bridgehead atoms. The number of rotatable bonds is 22. The SMILES string of the molecule is CCCCCCCC/C=C\CCCCCCCCCCCC(CC)([P+](=O)[O-])[N+](C)(C)C. The molecule has 2 atom stereocenters. The number of hydrogen-bond donors (Lipinski definition) is 0. The molecule has 0 radical (unpaired) electrons. The van der Waals surface area contributed by atoms with E-state index in [-0.39, 0.29) is 0 Å². The lowest BCUT2D eigenvalue weighted by Gasteiger charge is -2.39. The Kier molecular flexibility index (Phi) is 19.1. The van der Waals surface area contributed by atoms with Gasteiger partial charge in [0.15, 0.2) is 0 Å². The number of allylic oxidation sites excluding steroid dienone is 2. The zero-order valence-electron chi connectivity index (χ0n) is 21.8. The number of unbranched alkanes of at least 4 members (excludes halogenated alkanes) is 15. The Morgan fingerprint density at radius 2 is 1.06 bits per heavy atom. The molecule has 0 aromatic heterocycles. The smallest absolute Gasteiger partial charge is 0.376 e. The van der Waals surface area contributed by atoms with Crippen molar-refractivity contribution in [3.8, 4) is 0 Å². The lowest BCUT2D eigenvalue weighted by Crippen LogP contribution is -2.55. The summed E-state index contributed by atoms with van der Waals surface area (Å²) < 4.78 is 12.4. The Morgan fingerprint density at radius 3 is 1.42 bits per heavy atom. The van der Waals surface area contributed by atoms with Gasteiger partial charge in [0, 0.05) is 12.8 Å². The van der Waals surface area contributed by atoms with Crippen LogP contribution in [0.2, 0.25) is 0 Å². The average molecular weight is 457 g/mol. The van der Waals surface area contributed by atoms with E-state index in [0.29, 0.717) is 10.9 Å². The van der Waals surface area contributed by atoms with Gasteiger partial charge < -0.3 is 4.89 Å². The number of quaternary nitrogens is 1. The van der Waals surface area contributed by atoms with Crippen LogP contribution in [0.3, 0.4) is 0 Å². The molecule has 3 nitrogen and oxygen atoms in total. The summed E-state index contributed by atoms with van der Waals surface area (Å²) in [5.41, 5.74) is 0. The predicted molar refractivity (Wildman–Crippen MR) is 137 cm³/mol. The number of nitrogens with zero attached hydrogens (tertiary/aromatic N) is 1. The van der Waals surface area contributed by atoms with Crippen molar-refractivity contribution in [2.24, 2.45) is 0 Å². The van der Waals surface area contributed by atoms with Crippen LogP contribution < -0.4 is 4.89 Å². The first-order valence-corrected chi connectivity index (χ1v) is 14.6. The molecule has 2 unspecified atom stereocenters. The second kappa shape index (κ2) is 19.2. The molecule has 31 heavy (non-hydrogen) atoms. The molecule has 0 rings (SSSR count). The third-order valence-electron chi connectivity index (χ3n) is 6.99. The lowest BCUT2D eigenvalue weighted by molar-refractivity contribution is -0.910. The molecule has 0 spiro atoms. The van der Waals surface area contributed by atoms with Gasteiger partial charge in [-0.1, -0.05) is 108 Å². The lowest BCUT2D eigenvalue weighted by atomic mass is 10.0. The van der Waals surface area contributed by atoms with Crippen molar-refractivity contribution in [2.45, 2.75) is 141 Å². The van der Waals surface area contributed by atoms with Crippen LogP contribution in [-0.4, -0.2) is 30.9 Å². The highest BCUT2D eigenvalue weighted by Crippen LogP contribution is 2.44. The van der Waals surface area contributed by atoms with E-state index in [9.17, 15) is 9.46 Å². The predicted octanol–water partition coefficient (Wildman–Crippen LogP) is 8.50. The highest BCUT2D eigenvalue weighted by molar-refractivity contribution is 7.38. The fourth-order valence-corrected chi connectivity index (χ4v) is 5.73. The van der Waals surface area contributed by atoms with Crippen molar-refractivity contribution >= 4 is 8.03 Å². The van der Waals surface area contributed by atoms with Crippen LogP contribution >= 0.6 is 8.03 Å². The molecule has 0 aromatic carbocycles. The van der Waals surface area contributed by atoms with Crippen LogP contribution in [0.25, 0.3) is 0 Å². The van der Waals surface area contributed by atoms with Gasteiger partial charge in [-0.05, 0) is 32.1 Å². The summed E-state index contributed by atoms with van der Waals surface area (Å²) in [7, 11) is 3.63. The quantitative estimate of drug-likeness (QED) is 0.0709. The van der Waals surface area contributed by atoms with Crippen molar-refractivity contribution in [3.63, 3.8) is 0 Å². The number of hydrogen-bond acceptors (Lipinski definition) is 2. The van der Waals surface area contributed by atoms with E-state index in [0.717, 1.165) is 19.3 Å². The third kappa shape index (κ3) is 14.5. The van der Waals surface area contributed by atoms with Crippen molar-refractivity contribution in [1.29, 1.82) is 0 Å². The summed E-state index contributed by atoms with van der Waals surface area (Å²) >= 11 is 0. The van der Waals surface area contributed by atoms with Crippen LogP contribution in [0.1, 0.15) is 136 Å². The summed E-state index contributed by atoms with van der Waals surface area (Å²) in [6.07, 6.45) is 28.6. The Bertz CT molecular complexity index is 459. The van der Waals surface area contributed by atoms with Crippen molar-refractivity contribution < 1.29 is 13.9 Å². The summed E-state index contributed by atoms with van der Waals surface area (Å²) in [6, 6.07) is 0.